The Balaban J connectivity index is 2.48. The first-order valence-electron chi connectivity index (χ1n) is 7.15. The maximum Gasteiger partial charge on any atom is 0.180 e. The van der Waals surface area contributed by atoms with E-state index in [1.54, 1.807) is 0 Å². The lowest BCUT2D eigenvalue weighted by molar-refractivity contribution is 0.329. The van der Waals surface area contributed by atoms with Gasteiger partial charge in [0.05, 0.1) is 6.20 Å². The first-order chi connectivity index (χ1) is 9.34. The molecular weight excluding hydrogens is 250 g/mol. The van der Waals surface area contributed by atoms with E-state index >= 15 is 0 Å². The van der Waals surface area contributed by atoms with Crippen molar-refractivity contribution in [2.45, 2.75) is 40.7 Å². The maximum absolute atomic E-state index is 4.73. The Morgan fingerprint density at radius 1 is 1.40 bits per heavy atom. The Morgan fingerprint density at radius 2 is 2.10 bits per heavy atom. The van der Waals surface area contributed by atoms with Crippen molar-refractivity contribution in [1.29, 1.82) is 0 Å². The van der Waals surface area contributed by atoms with Crippen molar-refractivity contribution in [1.82, 2.24) is 14.4 Å². The standard InChI is InChI=1S/C15H25N5/c1-7-16-12-10-20-9-8-17-13(20)14(18-12)19(6)11(2)15(3,4)5/h8-11,16H,7H2,1-6H3. The molecule has 0 aliphatic carbocycles. The molecule has 1 unspecified atom stereocenters. The minimum atomic E-state index is 0.175. The Labute approximate surface area is 121 Å². The summed E-state index contributed by atoms with van der Waals surface area (Å²) >= 11 is 0. The van der Waals surface area contributed by atoms with Gasteiger partial charge in [-0.15, -0.1) is 0 Å². The number of aromatic nitrogens is 3. The molecule has 0 spiro atoms. The Morgan fingerprint density at radius 3 is 2.70 bits per heavy atom. The highest BCUT2D eigenvalue weighted by molar-refractivity contribution is 5.67. The quantitative estimate of drug-likeness (QED) is 0.931. The van der Waals surface area contributed by atoms with Gasteiger partial charge in [0.25, 0.3) is 0 Å². The molecule has 0 aromatic carbocycles. The SMILES string of the molecule is CCNc1cn2ccnc2c(N(C)C(C)C(C)(C)C)n1. The molecule has 5 nitrogen and oxygen atoms in total. The fourth-order valence-corrected chi connectivity index (χ4v) is 2.18. The second-order valence-electron chi connectivity index (χ2n) is 6.29. The highest BCUT2D eigenvalue weighted by Crippen LogP contribution is 2.29. The maximum atomic E-state index is 4.73. The van der Waals surface area contributed by atoms with E-state index in [0.29, 0.717) is 6.04 Å². The fraction of sp³-hybridized carbons (Fsp3) is 0.600. The van der Waals surface area contributed by atoms with Gasteiger partial charge in [-0.3, -0.25) is 0 Å². The van der Waals surface area contributed by atoms with E-state index in [4.69, 9.17) is 4.98 Å². The second kappa shape index (κ2) is 5.31. The van der Waals surface area contributed by atoms with Crippen LogP contribution in [-0.4, -0.2) is 34.0 Å². The highest BCUT2D eigenvalue weighted by Gasteiger charge is 2.26. The first kappa shape index (κ1) is 14.6. The summed E-state index contributed by atoms with van der Waals surface area (Å²) in [7, 11) is 2.09. The van der Waals surface area contributed by atoms with Crippen LogP contribution in [0.25, 0.3) is 5.65 Å². The summed E-state index contributed by atoms with van der Waals surface area (Å²) in [5.74, 6) is 1.79. The highest BCUT2D eigenvalue weighted by atomic mass is 15.2. The smallest absolute Gasteiger partial charge is 0.180 e. The van der Waals surface area contributed by atoms with E-state index in [9.17, 15) is 0 Å². The van der Waals surface area contributed by atoms with Gasteiger partial charge >= 0.3 is 0 Å². The topological polar surface area (TPSA) is 45.5 Å². The van der Waals surface area contributed by atoms with Crippen LogP contribution < -0.4 is 10.2 Å². The Hall–Kier alpha value is -1.78. The van der Waals surface area contributed by atoms with Crippen molar-refractivity contribution in [3.05, 3.63) is 18.6 Å². The van der Waals surface area contributed by atoms with Crippen molar-refractivity contribution >= 4 is 17.3 Å². The van der Waals surface area contributed by atoms with Gasteiger partial charge in [-0.2, -0.15) is 0 Å². The molecule has 0 saturated heterocycles. The van der Waals surface area contributed by atoms with Gasteiger partial charge in [0.2, 0.25) is 0 Å². The van der Waals surface area contributed by atoms with E-state index in [0.717, 1.165) is 23.8 Å². The number of anilines is 2. The number of hydrogen-bond donors (Lipinski definition) is 1. The average Bonchev–Trinajstić information content (AvgIpc) is 2.83. The minimum absolute atomic E-state index is 0.175. The number of imidazole rings is 1. The van der Waals surface area contributed by atoms with Gasteiger partial charge in [0.15, 0.2) is 11.5 Å². The van der Waals surface area contributed by atoms with Crippen LogP contribution in [0.5, 0.6) is 0 Å². The summed E-state index contributed by atoms with van der Waals surface area (Å²) in [6.07, 6.45) is 5.74. The molecule has 0 fully saturated rings. The number of hydrogen-bond acceptors (Lipinski definition) is 4. The zero-order valence-electron chi connectivity index (χ0n) is 13.3. The van der Waals surface area contributed by atoms with Crippen LogP contribution in [-0.2, 0) is 0 Å². The lowest BCUT2D eigenvalue weighted by Gasteiger charge is -2.36. The summed E-state index contributed by atoms with van der Waals surface area (Å²) < 4.78 is 2.02. The summed E-state index contributed by atoms with van der Waals surface area (Å²) in [5.41, 5.74) is 1.07. The summed E-state index contributed by atoms with van der Waals surface area (Å²) in [6.45, 7) is 11.9. The molecule has 0 radical (unpaired) electrons. The first-order valence-corrected chi connectivity index (χ1v) is 7.15. The molecule has 20 heavy (non-hydrogen) atoms. The third-order valence-electron chi connectivity index (χ3n) is 3.88. The zero-order valence-corrected chi connectivity index (χ0v) is 13.3. The van der Waals surface area contributed by atoms with Crippen molar-refractivity contribution in [2.75, 3.05) is 23.8 Å². The van der Waals surface area contributed by atoms with Gasteiger partial charge in [0.1, 0.15) is 5.82 Å². The third kappa shape index (κ3) is 2.71. The predicted molar refractivity (Wildman–Crippen MR) is 84.5 cm³/mol. The molecule has 0 aliphatic rings. The molecule has 2 aromatic heterocycles. The molecule has 2 heterocycles. The van der Waals surface area contributed by atoms with Crippen LogP contribution in [0.1, 0.15) is 34.6 Å². The molecule has 0 amide bonds. The molecule has 0 saturated carbocycles. The van der Waals surface area contributed by atoms with Crippen LogP contribution >= 0.6 is 0 Å². The van der Waals surface area contributed by atoms with Crippen LogP contribution in [0.2, 0.25) is 0 Å². The molecule has 2 aromatic rings. The largest absolute Gasteiger partial charge is 0.369 e. The second-order valence-corrected chi connectivity index (χ2v) is 6.29. The Bertz CT molecular complexity index is 581. The molecule has 2 rings (SSSR count). The molecule has 0 aliphatic heterocycles. The van der Waals surface area contributed by atoms with E-state index in [1.807, 2.05) is 23.0 Å². The molecule has 110 valence electrons. The normalized spacial score (nSPS) is 13.5. The fourth-order valence-electron chi connectivity index (χ4n) is 2.18. The monoisotopic (exact) mass is 275 g/mol. The van der Waals surface area contributed by atoms with Gasteiger partial charge in [-0.05, 0) is 19.3 Å². The summed E-state index contributed by atoms with van der Waals surface area (Å²) in [5, 5.41) is 3.28. The van der Waals surface area contributed by atoms with E-state index in [1.165, 1.54) is 0 Å². The molecule has 0 bridgehead atoms. The van der Waals surface area contributed by atoms with Crippen molar-refractivity contribution in [2.24, 2.45) is 5.41 Å². The molecular formula is C15H25N5. The van der Waals surface area contributed by atoms with Gasteiger partial charge in [-0.25, -0.2) is 9.97 Å². The van der Waals surface area contributed by atoms with Gasteiger partial charge < -0.3 is 14.6 Å². The van der Waals surface area contributed by atoms with Crippen LogP contribution in [0.3, 0.4) is 0 Å². The molecule has 5 heteroatoms. The van der Waals surface area contributed by atoms with E-state index in [-0.39, 0.29) is 5.41 Å². The molecule has 1 N–H and O–H groups in total. The number of fused-ring (bicyclic) bond motifs is 1. The number of nitrogens with one attached hydrogen (secondary N) is 1. The van der Waals surface area contributed by atoms with Crippen LogP contribution in [0.15, 0.2) is 18.6 Å². The number of rotatable bonds is 4. The van der Waals surface area contributed by atoms with Gasteiger partial charge in [0, 0.05) is 32.0 Å². The third-order valence-corrected chi connectivity index (χ3v) is 3.88. The number of nitrogens with zero attached hydrogens (tertiary/aromatic N) is 4. The van der Waals surface area contributed by atoms with Crippen LogP contribution in [0, 0.1) is 5.41 Å². The predicted octanol–water partition coefficient (Wildman–Crippen LogP) is 3.03. The summed E-state index contributed by atoms with van der Waals surface area (Å²) in [6, 6.07) is 0.354. The zero-order chi connectivity index (χ0) is 14.9. The van der Waals surface area contributed by atoms with E-state index in [2.05, 4.69) is 56.9 Å². The van der Waals surface area contributed by atoms with E-state index < -0.39 is 0 Å². The lowest BCUT2D eigenvalue weighted by Crippen LogP contribution is -2.40. The summed E-state index contributed by atoms with van der Waals surface area (Å²) in [4.78, 5) is 11.4. The van der Waals surface area contributed by atoms with Crippen LogP contribution in [0.4, 0.5) is 11.6 Å². The van der Waals surface area contributed by atoms with Crippen molar-refractivity contribution in [3.8, 4) is 0 Å². The average molecular weight is 275 g/mol. The van der Waals surface area contributed by atoms with Crippen molar-refractivity contribution < 1.29 is 0 Å². The Kier molecular flexibility index (Phi) is 3.88. The van der Waals surface area contributed by atoms with Crippen molar-refractivity contribution in [3.63, 3.8) is 0 Å². The lowest BCUT2D eigenvalue weighted by atomic mass is 9.87. The van der Waals surface area contributed by atoms with Gasteiger partial charge in [-0.1, -0.05) is 20.8 Å². The minimum Gasteiger partial charge on any atom is -0.369 e. The molecule has 1 atom stereocenters.